The molecular formula is C28H42O6. The molecule has 0 bridgehead atoms. The van der Waals surface area contributed by atoms with Gasteiger partial charge in [0.15, 0.2) is 10.9 Å². The van der Waals surface area contributed by atoms with Gasteiger partial charge in [0.25, 0.3) is 0 Å². The van der Waals surface area contributed by atoms with E-state index in [1.807, 2.05) is 27.7 Å². The third kappa shape index (κ3) is 5.08. The first-order valence-electron chi connectivity index (χ1n) is 12.4. The average molecular weight is 475 g/mol. The van der Waals surface area contributed by atoms with Crippen LogP contribution in [0.4, 0.5) is 0 Å². The molecule has 6 nitrogen and oxygen atoms in total. The fourth-order valence-electron chi connectivity index (χ4n) is 4.87. The highest BCUT2D eigenvalue weighted by atomic mass is 16.4. The Bertz CT molecular complexity index is 1130. The van der Waals surface area contributed by atoms with Crippen molar-refractivity contribution in [2.24, 2.45) is 5.92 Å². The Morgan fingerprint density at radius 2 is 1.09 bits per heavy atom. The molecule has 2 heterocycles. The van der Waals surface area contributed by atoms with Crippen molar-refractivity contribution in [2.75, 3.05) is 0 Å². The van der Waals surface area contributed by atoms with Crippen LogP contribution in [0.5, 0.6) is 0 Å². The standard InChI is InChI=1S/C28H42O6/c1-11-13(3)26-16(6)25(32)20(10)28(34-26)19(9)24(31)15(5)23(30)18(8)27-17(7)22(29)14(4)21(12-2)33-27/h13,15,18-19,23-24,30-31H,11-12H2,1-10H3/t13-,15-,18-,19+,23-,24+/m0/s1. The van der Waals surface area contributed by atoms with E-state index in [1.54, 1.807) is 41.5 Å². The molecule has 6 atom stereocenters. The minimum Gasteiger partial charge on any atom is -0.465 e. The van der Waals surface area contributed by atoms with Crippen LogP contribution in [0.25, 0.3) is 0 Å². The first-order chi connectivity index (χ1) is 15.8. The van der Waals surface area contributed by atoms with Gasteiger partial charge in [-0.2, -0.15) is 0 Å². The number of aliphatic hydroxyl groups is 2. The molecule has 0 aliphatic carbocycles. The Balaban J connectivity index is 2.41. The average Bonchev–Trinajstić information content (AvgIpc) is 2.83. The van der Waals surface area contributed by atoms with Gasteiger partial charge in [-0.1, -0.05) is 41.5 Å². The van der Waals surface area contributed by atoms with E-state index in [2.05, 4.69) is 0 Å². The summed E-state index contributed by atoms with van der Waals surface area (Å²) in [4.78, 5) is 25.5. The molecule has 2 rings (SSSR count). The molecule has 0 amide bonds. The monoisotopic (exact) mass is 474 g/mol. The minimum atomic E-state index is -0.977. The Labute approximate surface area is 203 Å². The van der Waals surface area contributed by atoms with E-state index < -0.39 is 30.0 Å². The summed E-state index contributed by atoms with van der Waals surface area (Å²) in [7, 11) is 0. The van der Waals surface area contributed by atoms with Crippen LogP contribution in [-0.4, -0.2) is 22.4 Å². The van der Waals surface area contributed by atoms with Crippen molar-refractivity contribution in [3.63, 3.8) is 0 Å². The molecule has 0 aromatic carbocycles. The largest absolute Gasteiger partial charge is 0.465 e. The SMILES string of the molecule is CCc1oc([C@@H](C)[C@@H](O)[C@H](C)[C@@H](O)[C@@H](C)c2oc([C@@H](C)CC)c(C)c(=O)c2C)c(C)c(=O)c1C. The molecule has 34 heavy (non-hydrogen) atoms. The summed E-state index contributed by atoms with van der Waals surface area (Å²) in [5.74, 6) is 0.667. The zero-order valence-electron chi connectivity index (χ0n) is 22.4. The highest BCUT2D eigenvalue weighted by Gasteiger charge is 2.36. The van der Waals surface area contributed by atoms with Crippen molar-refractivity contribution in [3.05, 3.63) is 65.7 Å². The lowest BCUT2D eigenvalue weighted by atomic mass is 9.81. The van der Waals surface area contributed by atoms with Crippen LogP contribution in [-0.2, 0) is 6.42 Å². The normalized spacial score (nSPS) is 17.2. The van der Waals surface area contributed by atoms with Crippen molar-refractivity contribution < 1.29 is 19.0 Å². The fourth-order valence-corrected chi connectivity index (χ4v) is 4.87. The maximum Gasteiger partial charge on any atom is 0.191 e. The zero-order chi connectivity index (χ0) is 26.1. The Morgan fingerprint density at radius 1 is 0.676 bits per heavy atom. The predicted molar refractivity (Wildman–Crippen MR) is 135 cm³/mol. The molecule has 0 fully saturated rings. The third-order valence-electron chi connectivity index (χ3n) is 7.65. The van der Waals surface area contributed by atoms with E-state index in [4.69, 9.17) is 8.83 Å². The molecule has 2 aromatic heterocycles. The molecule has 0 saturated carbocycles. The lowest BCUT2D eigenvalue weighted by molar-refractivity contribution is -0.00705. The van der Waals surface area contributed by atoms with Crippen LogP contribution < -0.4 is 10.9 Å². The van der Waals surface area contributed by atoms with Crippen molar-refractivity contribution >= 4 is 0 Å². The number of hydrogen-bond donors (Lipinski definition) is 2. The summed E-state index contributed by atoms with van der Waals surface area (Å²) in [6.45, 7) is 18.3. The summed E-state index contributed by atoms with van der Waals surface area (Å²) in [6.07, 6.45) is -0.541. The second-order valence-electron chi connectivity index (χ2n) is 9.96. The quantitative estimate of drug-likeness (QED) is 0.520. The van der Waals surface area contributed by atoms with Gasteiger partial charge < -0.3 is 19.0 Å². The molecule has 0 aliphatic rings. The summed E-state index contributed by atoms with van der Waals surface area (Å²) in [6, 6.07) is 0. The fraction of sp³-hybridized carbons (Fsp3) is 0.643. The molecular weight excluding hydrogens is 432 g/mol. The van der Waals surface area contributed by atoms with E-state index in [1.165, 1.54) is 0 Å². The van der Waals surface area contributed by atoms with E-state index >= 15 is 0 Å². The van der Waals surface area contributed by atoms with Crippen LogP contribution in [0.2, 0.25) is 0 Å². The second kappa shape index (κ2) is 11.0. The number of hydrogen-bond acceptors (Lipinski definition) is 6. The molecule has 190 valence electrons. The molecule has 0 radical (unpaired) electrons. The van der Waals surface area contributed by atoms with Gasteiger partial charge in [0, 0.05) is 52.3 Å². The molecule has 2 N–H and O–H groups in total. The zero-order valence-corrected chi connectivity index (χ0v) is 22.4. The maximum atomic E-state index is 12.9. The second-order valence-corrected chi connectivity index (χ2v) is 9.96. The van der Waals surface area contributed by atoms with Crippen molar-refractivity contribution in [1.82, 2.24) is 0 Å². The van der Waals surface area contributed by atoms with Crippen LogP contribution in [0.1, 0.15) is 111 Å². The molecule has 0 saturated heterocycles. The van der Waals surface area contributed by atoms with Crippen molar-refractivity contribution in [2.45, 2.75) is 112 Å². The van der Waals surface area contributed by atoms with E-state index in [9.17, 15) is 19.8 Å². The molecule has 2 aromatic rings. The van der Waals surface area contributed by atoms with E-state index in [-0.39, 0.29) is 16.8 Å². The maximum absolute atomic E-state index is 12.9. The molecule has 0 aliphatic heterocycles. The van der Waals surface area contributed by atoms with Gasteiger partial charge in [0.05, 0.1) is 12.2 Å². The summed E-state index contributed by atoms with van der Waals surface area (Å²) in [5, 5.41) is 22.4. The smallest absolute Gasteiger partial charge is 0.191 e. The lowest BCUT2D eigenvalue weighted by Crippen LogP contribution is -2.37. The molecule has 0 spiro atoms. The van der Waals surface area contributed by atoms with Gasteiger partial charge in [-0.3, -0.25) is 9.59 Å². The lowest BCUT2D eigenvalue weighted by Gasteiger charge is -2.32. The number of aryl methyl sites for hydroxylation is 1. The van der Waals surface area contributed by atoms with Crippen molar-refractivity contribution in [3.8, 4) is 0 Å². The summed E-state index contributed by atoms with van der Waals surface area (Å²) < 4.78 is 12.2. The Morgan fingerprint density at radius 3 is 1.53 bits per heavy atom. The Hall–Kier alpha value is -2.18. The topological polar surface area (TPSA) is 101 Å². The van der Waals surface area contributed by atoms with Gasteiger partial charge in [0.1, 0.15) is 23.0 Å². The number of rotatable bonds is 9. The highest BCUT2D eigenvalue weighted by molar-refractivity contribution is 5.30. The van der Waals surface area contributed by atoms with Crippen LogP contribution in [0.15, 0.2) is 18.4 Å². The van der Waals surface area contributed by atoms with E-state index in [0.29, 0.717) is 51.7 Å². The summed E-state index contributed by atoms with van der Waals surface area (Å²) in [5.41, 5.74) is 2.02. The minimum absolute atomic E-state index is 0.0682. The van der Waals surface area contributed by atoms with Gasteiger partial charge >= 0.3 is 0 Å². The molecule has 6 heteroatoms. The van der Waals surface area contributed by atoms with Crippen LogP contribution in [0, 0.1) is 33.6 Å². The van der Waals surface area contributed by atoms with Crippen molar-refractivity contribution in [1.29, 1.82) is 0 Å². The predicted octanol–water partition coefficient (Wildman–Crippen LogP) is 5.17. The third-order valence-corrected chi connectivity index (χ3v) is 7.65. The van der Waals surface area contributed by atoms with Gasteiger partial charge in [0.2, 0.25) is 0 Å². The summed E-state index contributed by atoms with van der Waals surface area (Å²) >= 11 is 0. The molecule has 0 unspecified atom stereocenters. The first-order valence-corrected chi connectivity index (χ1v) is 12.4. The van der Waals surface area contributed by atoms with E-state index in [0.717, 1.165) is 6.42 Å². The van der Waals surface area contributed by atoms with Crippen LogP contribution >= 0.6 is 0 Å². The van der Waals surface area contributed by atoms with Gasteiger partial charge in [-0.05, 0) is 34.1 Å². The van der Waals surface area contributed by atoms with Crippen LogP contribution in [0.3, 0.4) is 0 Å². The first kappa shape index (κ1) is 28.1. The number of aliphatic hydroxyl groups excluding tert-OH is 2. The highest BCUT2D eigenvalue weighted by Crippen LogP contribution is 2.35. The van der Waals surface area contributed by atoms with Gasteiger partial charge in [-0.25, -0.2) is 0 Å². The Kier molecular flexibility index (Phi) is 9.11. The van der Waals surface area contributed by atoms with Gasteiger partial charge in [-0.15, -0.1) is 0 Å².